The maximum absolute atomic E-state index is 13.6. The van der Waals surface area contributed by atoms with Gasteiger partial charge < -0.3 is 0 Å². The highest BCUT2D eigenvalue weighted by molar-refractivity contribution is 9.13. The Hall–Kier alpha value is -0.300. The lowest BCUT2D eigenvalue weighted by atomic mass is 10.1. The molecule has 0 aliphatic carbocycles. The molecule has 0 N–H and O–H groups in total. The van der Waals surface area contributed by atoms with Gasteiger partial charge in [-0.2, -0.15) is 0 Å². The minimum atomic E-state index is -0.845. The predicted octanol–water partition coefficient (Wildman–Crippen LogP) is 5.44. The average molecular weight is 416 g/mol. The molecule has 2 aromatic rings. The van der Waals surface area contributed by atoms with Crippen LogP contribution in [0, 0.1) is 11.6 Å². The molecule has 0 aliphatic rings. The molecule has 1 nitrogen and oxygen atoms in total. The van der Waals surface area contributed by atoms with Crippen molar-refractivity contribution >= 4 is 60.6 Å². The van der Waals surface area contributed by atoms with Crippen molar-refractivity contribution in [2.24, 2.45) is 0 Å². The fourth-order valence-electron chi connectivity index (χ4n) is 1.29. The molecule has 1 aromatic heterocycles. The van der Waals surface area contributed by atoms with E-state index < -0.39 is 17.4 Å². The summed E-state index contributed by atoms with van der Waals surface area (Å²) >= 11 is 13.0. The van der Waals surface area contributed by atoms with Crippen LogP contribution in [-0.4, -0.2) is 5.78 Å². The van der Waals surface area contributed by atoms with Crippen molar-refractivity contribution in [2.75, 3.05) is 0 Å². The van der Waals surface area contributed by atoms with E-state index in [1.807, 2.05) is 0 Å². The summed E-state index contributed by atoms with van der Waals surface area (Å²) in [5, 5.41) is 1.33. The van der Waals surface area contributed by atoms with E-state index in [1.54, 1.807) is 5.38 Å². The van der Waals surface area contributed by atoms with Gasteiger partial charge >= 0.3 is 0 Å². The van der Waals surface area contributed by atoms with Crippen molar-refractivity contribution in [3.8, 4) is 0 Å². The van der Waals surface area contributed by atoms with Gasteiger partial charge in [0.05, 0.1) is 19.9 Å². The average Bonchev–Trinajstić information content (AvgIpc) is 2.64. The minimum Gasteiger partial charge on any atom is -0.288 e. The number of benzene rings is 1. The molecule has 0 unspecified atom stereocenters. The largest absolute Gasteiger partial charge is 0.288 e. The molecular formula is C11H3Br2ClF2OS. The van der Waals surface area contributed by atoms with Gasteiger partial charge in [0.15, 0.2) is 0 Å². The molecule has 0 amide bonds. The van der Waals surface area contributed by atoms with Crippen LogP contribution in [0.5, 0.6) is 0 Å². The molecule has 0 spiro atoms. The monoisotopic (exact) mass is 414 g/mol. The Kier molecular flexibility index (Phi) is 4.21. The summed E-state index contributed by atoms with van der Waals surface area (Å²) in [6.07, 6.45) is 0. The van der Waals surface area contributed by atoms with Crippen molar-refractivity contribution in [3.05, 3.63) is 53.6 Å². The number of halogens is 5. The van der Waals surface area contributed by atoms with Gasteiger partial charge in [-0.15, -0.1) is 11.3 Å². The molecule has 0 fully saturated rings. The quantitative estimate of drug-likeness (QED) is 0.471. The Bertz CT molecular complexity index is 642. The van der Waals surface area contributed by atoms with Crippen LogP contribution >= 0.6 is 54.8 Å². The van der Waals surface area contributed by atoms with Gasteiger partial charge in [-0.3, -0.25) is 4.79 Å². The van der Waals surface area contributed by atoms with E-state index in [4.69, 9.17) is 11.6 Å². The Morgan fingerprint density at radius 2 is 1.89 bits per heavy atom. The third-order valence-corrected chi connectivity index (χ3v) is 5.97. The summed E-state index contributed by atoms with van der Waals surface area (Å²) in [4.78, 5) is 12.4. The zero-order chi connectivity index (χ0) is 13.4. The zero-order valence-electron chi connectivity index (χ0n) is 8.44. The fourth-order valence-corrected chi connectivity index (χ4v) is 3.55. The fraction of sp³-hybridized carbons (Fsp3) is 0. The molecule has 0 atom stereocenters. The van der Waals surface area contributed by atoms with E-state index in [1.165, 1.54) is 0 Å². The molecule has 0 bridgehead atoms. The van der Waals surface area contributed by atoms with Crippen LogP contribution in [0.3, 0.4) is 0 Å². The Labute approximate surface area is 127 Å². The van der Waals surface area contributed by atoms with E-state index in [-0.39, 0.29) is 10.6 Å². The maximum atomic E-state index is 13.6. The van der Waals surface area contributed by atoms with Gasteiger partial charge in [0.1, 0.15) is 11.6 Å². The SMILES string of the molecule is O=C(c1cc(F)c(Cl)cc1F)c1scc(Br)c1Br. The number of ketones is 1. The zero-order valence-corrected chi connectivity index (χ0v) is 13.2. The Morgan fingerprint density at radius 1 is 1.22 bits per heavy atom. The van der Waals surface area contributed by atoms with Crippen LogP contribution in [-0.2, 0) is 0 Å². The topological polar surface area (TPSA) is 17.1 Å². The molecule has 0 saturated heterocycles. The van der Waals surface area contributed by atoms with Crippen molar-refractivity contribution < 1.29 is 13.6 Å². The van der Waals surface area contributed by atoms with Crippen molar-refractivity contribution in [3.63, 3.8) is 0 Å². The first kappa shape index (κ1) is 14.1. The second kappa shape index (κ2) is 5.36. The number of carbonyl (C=O) groups excluding carboxylic acids is 1. The number of hydrogen-bond donors (Lipinski definition) is 0. The van der Waals surface area contributed by atoms with E-state index in [2.05, 4.69) is 31.9 Å². The molecule has 94 valence electrons. The molecule has 1 aromatic carbocycles. The summed E-state index contributed by atoms with van der Waals surface area (Å²) in [5.74, 6) is -2.26. The van der Waals surface area contributed by atoms with Crippen molar-refractivity contribution in [1.29, 1.82) is 0 Å². The molecular weight excluding hydrogens is 413 g/mol. The van der Waals surface area contributed by atoms with E-state index in [0.29, 0.717) is 13.8 Å². The van der Waals surface area contributed by atoms with Gasteiger partial charge in [-0.05, 0) is 44.0 Å². The Morgan fingerprint density at radius 3 is 2.44 bits per heavy atom. The van der Waals surface area contributed by atoms with E-state index in [0.717, 1.165) is 23.5 Å². The number of rotatable bonds is 2. The van der Waals surface area contributed by atoms with Crippen LogP contribution in [0.1, 0.15) is 15.2 Å². The first-order valence-corrected chi connectivity index (χ1v) is 7.38. The predicted molar refractivity (Wildman–Crippen MR) is 74.5 cm³/mol. The number of thiophene rings is 1. The second-order valence-electron chi connectivity index (χ2n) is 3.30. The van der Waals surface area contributed by atoms with Gasteiger partial charge in [-0.1, -0.05) is 11.6 Å². The van der Waals surface area contributed by atoms with Crippen molar-refractivity contribution in [1.82, 2.24) is 0 Å². The van der Waals surface area contributed by atoms with Crippen LogP contribution in [0.15, 0.2) is 26.5 Å². The molecule has 7 heteroatoms. The highest BCUT2D eigenvalue weighted by Gasteiger charge is 2.21. The van der Waals surface area contributed by atoms with Gasteiger partial charge in [0.25, 0.3) is 0 Å². The van der Waals surface area contributed by atoms with Crippen LogP contribution in [0.4, 0.5) is 8.78 Å². The van der Waals surface area contributed by atoms with Gasteiger partial charge in [0.2, 0.25) is 5.78 Å². The first-order valence-electron chi connectivity index (χ1n) is 4.53. The van der Waals surface area contributed by atoms with Gasteiger partial charge in [-0.25, -0.2) is 8.78 Å². The van der Waals surface area contributed by atoms with E-state index in [9.17, 15) is 13.6 Å². The lowest BCUT2D eigenvalue weighted by Crippen LogP contribution is -2.04. The smallest absolute Gasteiger partial charge is 0.207 e. The van der Waals surface area contributed by atoms with Crippen LogP contribution in [0.25, 0.3) is 0 Å². The van der Waals surface area contributed by atoms with Crippen molar-refractivity contribution in [2.45, 2.75) is 0 Å². The maximum Gasteiger partial charge on any atom is 0.207 e. The third kappa shape index (κ3) is 2.52. The van der Waals surface area contributed by atoms with Crippen LogP contribution in [0.2, 0.25) is 5.02 Å². The van der Waals surface area contributed by atoms with Gasteiger partial charge in [0, 0.05) is 9.85 Å². The standard InChI is InChI=1S/C11H3Br2ClF2OS/c12-5-3-18-11(9(5)13)10(17)4-1-8(16)6(14)2-7(4)15/h1-3H. The molecule has 18 heavy (non-hydrogen) atoms. The highest BCUT2D eigenvalue weighted by Crippen LogP contribution is 2.34. The number of hydrogen-bond acceptors (Lipinski definition) is 2. The summed E-state index contributed by atoms with van der Waals surface area (Å²) < 4.78 is 28.1. The second-order valence-corrected chi connectivity index (χ2v) is 6.24. The molecule has 0 radical (unpaired) electrons. The summed E-state index contributed by atoms with van der Waals surface area (Å²) in [6, 6.07) is 1.60. The molecule has 1 heterocycles. The molecule has 0 saturated carbocycles. The Balaban J connectivity index is 2.53. The summed E-state index contributed by atoms with van der Waals surface area (Å²) in [5.41, 5.74) is -0.341. The summed E-state index contributed by atoms with van der Waals surface area (Å²) in [7, 11) is 0. The lowest BCUT2D eigenvalue weighted by molar-refractivity contribution is 0.103. The number of carbonyl (C=O) groups is 1. The summed E-state index contributed by atoms with van der Waals surface area (Å²) in [6.45, 7) is 0. The van der Waals surface area contributed by atoms with E-state index >= 15 is 0 Å². The normalized spacial score (nSPS) is 10.7. The first-order chi connectivity index (χ1) is 8.41. The lowest BCUT2D eigenvalue weighted by Gasteiger charge is -2.03. The molecule has 2 rings (SSSR count). The van der Waals surface area contributed by atoms with Crippen LogP contribution < -0.4 is 0 Å². The highest BCUT2D eigenvalue weighted by atomic mass is 79.9. The minimum absolute atomic E-state index is 0.294. The molecule has 0 aliphatic heterocycles. The third-order valence-electron chi connectivity index (χ3n) is 2.15.